The number of carbonyl (C=O) groups excluding carboxylic acids is 2. The van der Waals surface area contributed by atoms with Gasteiger partial charge in [0.05, 0.1) is 11.9 Å². The van der Waals surface area contributed by atoms with E-state index < -0.39 is 28.5 Å². The van der Waals surface area contributed by atoms with Crippen LogP contribution in [0, 0.1) is 0 Å². The second-order valence-corrected chi connectivity index (χ2v) is 11.6. The van der Waals surface area contributed by atoms with E-state index in [1.165, 1.54) is 11.0 Å². The third-order valence-corrected chi connectivity index (χ3v) is 7.74. The second kappa shape index (κ2) is 12.2. The maximum absolute atomic E-state index is 13.7. The van der Waals surface area contributed by atoms with E-state index in [-0.39, 0.29) is 24.2 Å². The Labute approximate surface area is 227 Å². The summed E-state index contributed by atoms with van der Waals surface area (Å²) >= 11 is 12.4. The highest BCUT2D eigenvalue weighted by molar-refractivity contribution is 7.92. The number of nitrogens with one attached hydrogen (secondary N) is 1. The van der Waals surface area contributed by atoms with Crippen LogP contribution in [0.15, 0.2) is 36.4 Å². The van der Waals surface area contributed by atoms with E-state index in [4.69, 9.17) is 32.7 Å². The number of hydrogen-bond donors (Lipinski definition) is 1. The summed E-state index contributed by atoms with van der Waals surface area (Å²) in [5.74, 6) is -0.0729. The van der Waals surface area contributed by atoms with Gasteiger partial charge in [-0.25, -0.2) is 8.42 Å². The summed E-state index contributed by atoms with van der Waals surface area (Å²) in [6.45, 7) is 5.54. The monoisotopic (exact) mass is 571 g/mol. The molecule has 3 rings (SSSR count). The SMILES string of the molecule is CCC(C)NC(=O)C(C)N(Cc1ccc(Cl)cc1Cl)C(=O)CN(c1ccc2c(c1)OCCO2)S(C)(=O)=O. The lowest BCUT2D eigenvalue weighted by molar-refractivity contribution is -0.139. The Morgan fingerprint density at radius 2 is 1.73 bits per heavy atom. The molecule has 2 aromatic rings. The van der Waals surface area contributed by atoms with Gasteiger partial charge in [-0.15, -0.1) is 0 Å². The molecule has 0 saturated heterocycles. The molecule has 2 atom stereocenters. The first-order chi connectivity index (χ1) is 17.4. The molecule has 2 aromatic carbocycles. The molecule has 0 bridgehead atoms. The van der Waals surface area contributed by atoms with Crippen molar-refractivity contribution in [2.24, 2.45) is 0 Å². The Bertz CT molecular complexity index is 1260. The Morgan fingerprint density at radius 3 is 2.35 bits per heavy atom. The van der Waals surface area contributed by atoms with Gasteiger partial charge in [-0.2, -0.15) is 0 Å². The largest absolute Gasteiger partial charge is 0.486 e. The first-order valence-electron chi connectivity index (χ1n) is 11.8. The predicted molar refractivity (Wildman–Crippen MR) is 144 cm³/mol. The standard InChI is InChI=1S/C25H31Cl2N3O6S/c1-5-16(2)28-25(32)17(3)29(14-18-6-7-19(26)12-21(18)27)24(31)15-30(37(4,33)34)20-8-9-22-23(13-20)36-11-10-35-22/h6-9,12-13,16-17H,5,10-11,14-15H2,1-4H3,(H,28,32). The molecule has 0 spiro atoms. The Balaban J connectivity index is 1.94. The lowest BCUT2D eigenvalue weighted by atomic mass is 10.1. The molecule has 1 aliphatic heterocycles. The van der Waals surface area contributed by atoms with Crippen LogP contribution in [0.25, 0.3) is 0 Å². The van der Waals surface area contributed by atoms with Crippen LogP contribution >= 0.6 is 23.2 Å². The molecular weight excluding hydrogens is 541 g/mol. The van der Waals surface area contributed by atoms with Crippen molar-refractivity contribution in [1.82, 2.24) is 10.2 Å². The number of nitrogens with zero attached hydrogens (tertiary/aromatic N) is 2. The average Bonchev–Trinajstić information content (AvgIpc) is 2.85. The molecule has 2 unspecified atom stereocenters. The highest BCUT2D eigenvalue weighted by Crippen LogP contribution is 2.35. The van der Waals surface area contributed by atoms with Gasteiger partial charge >= 0.3 is 0 Å². The number of fused-ring (bicyclic) bond motifs is 1. The summed E-state index contributed by atoms with van der Waals surface area (Å²) in [5.41, 5.74) is 0.800. The Hall–Kier alpha value is -2.69. The molecule has 2 amide bonds. The maximum Gasteiger partial charge on any atom is 0.244 e. The van der Waals surface area contributed by atoms with Gasteiger partial charge in [-0.05, 0) is 50.1 Å². The van der Waals surface area contributed by atoms with E-state index in [1.807, 2.05) is 13.8 Å². The Kier molecular flexibility index (Phi) is 9.55. The smallest absolute Gasteiger partial charge is 0.244 e. The van der Waals surface area contributed by atoms with Crippen LogP contribution in [-0.2, 0) is 26.2 Å². The number of amides is 2. The third-order valence-electron chi connectivity index (χ3n) is 6.02. The zero-order chi connectivity index (χ0) is 27.3. The highest BCUT2D eigenvalue weighted by Gasteiger charge is 2.31. The predicted octanol–water partition coefficient (Wildman–Crippen LogP) is 3.86. The van der Waals surface area contributed by atoms with E-state index in [0.717, 1.165) is 10.6 Å². The van der Waals surface area contributed by atoms with E-state index in [1.54, 1.807) is 37.3 Å². The molecule has 9 nitrogen and oxygen atoms in total. The first-order valence-corrected chi connectivity index (χ1v) is 14.4. The van der Waals surface area contributed by atoms with E-state index in [2.05, 4.69) is 5.32 Å². The van der Waals surface area contributed by atoms with E-state index in [9.17, 15) is 18.0 Å². The molecule has 0 aromatic heterocycles. The Morgan fingerprint density at radius 1 is 1.05 bits per heavy atom. The molecule has 1 heterocycles. The lowest BCUT2D eigenvalue weighted by Crippen LogP contribution is -2.52. The minimum atomic E-state index is -3.88. The van der Waals surface area contributed by atoms with Crippen molar-refractivity contribution in [2.45, 2.75) is 45.8 Å². The van der Waals surface area contributed by atoms with Crippen molar-refractivity contribution in [2.75, 3.05) is 30.3 Å². The molecule has 12 heteroatoms. The summed E-state index contributed by atoms with van der Waals surface area (Å²) < 4.78 is 37.6. The number of anilines is 1. The molecule has 37 heavy (non-hydrogen) atoms. The summed E-state index contributed by atoms with van der Waals surface area (Å²) in [7, 11) is -3.88. The van der Waals surface area contributed by atoms with Gasteiger partial charge in [0.15, 0.2) is 11.5 Å². The van der Waals surface area contributed by atoms with Crippen LogP contribution in [0.2, 0.25) is 10.0 Å². The van der Waals surface area contributed by atoms with Gasteiger partial charge < -0.3 is 19.7 Å². The van der Waals surface area contributed by atoms with Crippen LogP contribution in [-0.4, -0.2) is 63.2 Å². The highest BCUT2D eigenvalue weighted by atomic mass is 35.5. The lowest BCUT2D eigenvalue weighted by Gasteiger charge is -2.32. The molecule has 1 aliphatic rings. The van der Waals surface area contributed by atoms with Gasteiger partial charge in [0.25, 0.3) is 0 Å². The summed E-state index contributed by atoms with van der Waals surface area (Å²) in [5, 5.41) is 3.63. The number of sulfonamides is 1. The number of rotatable bonds is 10. The van der Waals surface area contributed by atoms with Crippen molar-refractivity contribution in [3.8, 4) is 11.5 Å². The van der Waals surface area contributed by atoms with Crippen LogP contribution in [0.4, 0.5) is 5.69 Å². The van der Waals surface area contributed by atoms with Crippen LogP contribution in [0.3, 0.4) is 0 Å². The van der Waals surface area contributed by atoms with Crippen LogP contribution < -0.4 is 19.1 Å². The van der Waals surface area contributed by atoms with E-state index >= 15 is 0 Å². The van der Waals surface area contributed by atoms with Crippen molar-refractivity contribution >= 4 is 50.7 Å². The average molecular weight is 573 g/mol. The number of benzene rings is 2. The van der Waals surface area contributed by atoms with Crippen molar-refractivity contribution in [1.29, 1.82) is 0 Å². The number of carbonyl (C=O) groups is 2. The molecule has 1 N–H and O–H groups in total. The minimum absolute atomic E-state index is 0.0251. The molecule has 202 valence electrons. The second-order valence-electron chi connectivity index (χ2n) is 8.85. The third kappa shape index (κ3) is 7.43. The first kappa shape index (κ1) is 28.9. The van der Waals surface area contributed by atoms with Crippen LogP contribution in [0.1, 0.15) is 32.8 Å². The fourth-order valence-corrected chi connectivity index (χ4v) is 4.99. The van der Waals surface area contributed by atoms with Gasteiger partial charge in [0.1, 0.15) is 25.8 Å². The molecular formula is C25H31Cl2N3O6S. The molecule has 0 fully saturated rings. The topological polar surface area (TPSA) is 105 Å². The number of ether oxygens (including phenoxy) is 2. The minimum Gasteiger partial charge on any atom is -0.486 e. The normalized spacial score (nSPS) is 14.4. The zero-order valence-corrected chi connectivity index (χ0v) is 23.5. The summed E-state index contributed by atoms with van der Waals surface area (Å²) in [6.07, 6.45) is 1.72. The zero-order valence-electron chi connectivity index (χ0n) is 21.2. The summed E-state index contributed by atoms with van der Waals surface area (Å²) in [4.78, 5) is 27.9. The van der Waals surface area contributed by atoms with Gasteiger partial charge in [-0.1, -0.05) is 36.2 Å². The van der Waals surface area contributed by atoms with E-state index in [0.29, 0.717) is 46.7 Å². The molecule has 0 saturated carbocycles. The fourth-order valence-electron chi connectivity index (χ4n) is 3.68. The van der Waals surface area contributed by atoms with Crippen molar-refractivity contribution in [3.05, 3.63) is 52.0 Å². The number of hydrogen-bond acceptors (Lipinski definition) is 6. The maximum atomic E-state index is 13.7. The number of halogens is 2. The van der Waals surface area contributed by atoms with Gasteiger partial charge in [-0.3, -0.25) is 13.9 Å². The van der Waals surface area contributed by atoms with Crippen molar-refractivity contribution in [3.63, 3.8) is 0 Å². The summed E-state index contributed by atoms with van der Waals surface area (Å²) in [6, 6.07) is 8.49. The van der Waals surface area contributed by atoms with Crippen LogP contribution in [0.5, 0.6) is 11.5 Å². The fraction of sp³-hybridized carbons (Fsp3) is 0.440. The van der Waals surface area contributed by atoms with Gasteiger partial charge in [0.2, 0.25) is 21.8 Å². The van der Waals surface area contributed by atoms with Crippen molar-refractivity contribution < 1.29 is 27.5 Å². The van der Waals surface area contributed by atoms with Gasteiger partial charge in [0, 0.05) is 28.7 Å². The molecule has 0 aliphatic carbocycles. The quantitative estimate of drug-likeness (QED) is 0.464. The molecule has 0 radical (unpaired) electrons.